The fourth-order valence-corrected chi connectivity index (χ4v) is 6.72. The Morgan fingerprint density at radius 3 is 0.726 bits per heavy atom. The van der Waals surface area contributed by atoms with Crippen molar-refractivity contribution in [3.8, 4) is 17.2 Å². The average Bonchev–Trinajstić information content (AvgIpc) is 3.26. The van der Waals surface area contributed by atoms with Crippen LogP contribution in [0.3, 0.4) is 0 Å². The van der Waals surface area contributed by atoms with Crippen molar-refractivity contribution < 1.29 is 73.6 Å². The Balaban J connectivity index is 1.28. The van der Waals surface area contributed by atoms with Gasteiger partial charge in [-0.3, -0.25) is 0 Å². The van der Waals surface area contributed by atoms with E-state index in [0.29, 0.717) is 33.9 Å². The van der Waals surface area contributed by atoms with Crippen LogP contribution in [0, 0.1) is 0 Å². The molecule has 0 aliphatic carbocycles. The topological polar surface area (TPSA) is 251 Å². The summed E-state index contributed by atoms with van der Waals surface area (Å²) in [4.78, 5) is 69.6. The molecule has 0 atom stereocenters. The zero-order chi connectivity index (χ0) is 44.7. The summed E-state index contributed by atoms with van der Waals surface area (Å²) >= 11 is 0. The van der Waals surface area contributed by atoms with Gasteiger partial charge in [0, 0.05) is 5.41 Å². The van der Waals surface area contributed by atoms with Crippen LogP contribution in [0.15, 0.2) is 127 Å². The highest BCUT2D eigenvalue weighted by atomic mass is 16.5. The minimum Gasteiger partial charge on any atom is -0.489 e. The molecule has 15 nitrogen and oxygen atoms in total. The lowest BCUT2D eigenvalue weighted by Gasteiger charge is -2.32. The molecule has 0 fully saturated rings. The van der Waals surface area contributed by atoms with E-state index in [0.717, 1.165) is 34.9 Å². The van der Waals surface area contributed by atoms with Gasteiger partial charge in [0.15, 0.2) is 0 Å². The molecule has 0 unspecified atom stereocenters. The smallest absolute Gasteiger partial charge is 0.335 e. The molecular weight excluding hydrogens is 805 g/mol. The van der Waals surface area contributed by atoms with Crippen LogP contribution in [0.4, 0.5) is 0 Å². The Labute approximate surface area is 352 Å². The molecule has 0 aliphatic rings. The fraction of sp³-hybridized carbons (Fsp3) is 0.106. The summed E-state index contributed by atoms with van der Waals surface area (Å²) in [7, 11) is 0. The lowest BCUT2D eigenvalue weighted by atomic mass is 9.71. The van der Waals surface area contributed by atoms with Crippen LogP contribution in [-0.2, 0) is 25.2 Å². The van der Waals surface area contributed by atoms with Crippen molar-refractivity contribution >= 4 is 35.8 Å². The maximum atomic E-state index is 11.6. The SMILES string of the molecule is CC(c1ccc(OCc2cc(C(=O)O)cc(C(=O)O)c2)cc1)(c1ccc(OCc2cc(C(=O)O)cc(C(=O)O)c2)cc1)c1ccc(OCc2cc(C(=O)O)cc(C(=O)O)c2)cc1. The van der Waals surface area contributed by atoms with Gasteiger partial charge in [0.05, 0.1) is 33.4 Å². The highest BCUT2D eigenvalue weighted by molar-refractivity contribution is 5.95. The van der Waals surface area contributed by atoms with Crippen molar-refractivity contribution in [2.75, 3.05) is 0 Å². The second-order valence-electron chi connectivity index (χ2n) is 14.2. The predicted octanol–water partition coefficient (Wildman–Crippen LogP) is 7.97. The summed E-state index contributed by atoms with van der Waals surface area (Å²) in [5.41, 5.74) is 1.40. The van der Waals surface area contributed by atoms with Crippen molar-refractivity contribution in [2.24, 2.45) is 0 Å². The maximum absolute atomic E-state index is 11.6. The van der Waals surface area contributed by atoms with Crippen LogP contribution in [0.5, 0.6) is 17.2 Å². The molecule has 0 aliphatic heterocycles. The molecule has 0 heterocycles. The summed E-state index contributed by atoms with van der Waals surface area (Å²) in [6, 6.07) is 32.5. The average molecular weight is 841 g/mol. The molecule has 6 rings (SSSR count). The monoisotopic (exact) mass is 840 g/mol. The van der Waals surface area contributed by atoms with E-state index in [4.69, 9.17) is 14.2 Å². The number of aromatic carboxylic acids is 6. The van der Waals surface area contributed by atoms with Crippen LogP contribution >= 0.6 is 0 Å². The van der Waals surface area contributed by atoms with Gasteiger partial charge in [-0.05, 0) is 131 Å². The predicted molar refractivity (Wildman–Crippen MR) is 219 cm³/mol. The standard InChI is InChI=1S/C47H36O15/c1-47(35-2-8-38(9-3-35)60-23-26-14-29(41(48)49)20-30(15-26)42(50)51,36-4-10-39(11-5-36)61-24-27-16-31(43(52)53)21-32(17-27)44(54)55)37-6-12-40(13-7-37)62-25-28-18-33(45(56)57)22-34(19-28)46(58)59/h2-22H,23-25H2,1H3,(H,48,49)(H,50,51)(H,52,53)(H,54,55)(H,56,57)(H,58,59). The van der Waals surface area contributed by atoms with Gasteiger partial charge >= 0.3 is 35.8 Å². The van der Waals surface area contributed by atoms with E-state index in [1.54, 1.807) is 36.4 Å². The molecule has 0 saturated heterocycles. The molecular formula is C47H36O15. The molecule has 0 saturated carbocycles. The van der Waals surface area contributed by atoms with Gasteiger partial charge < -0.3 is 44.8 Å². The molecule has 0 aromatic heterocycles. The molecule has 6 N–H and O–H groups in total. The number of carboxylic acids is 6. The third-order valence-electron chi connectivity index (χ3n) is 9.97. The highest BCUT2D eigenvalue weighted by Crippen LogP contribution is 2.41. The second-order valence-corrected chi connectivity index (χ2v) is 14.2. The minimum absolute atomic E-state index is 0.114. The Kier molecular flexibility index (Phi) is 12.7. The third-order valence-corrected chi connectivity index (χ3v) is 9.97. The zero-order valence-corrected chi connectivity index (χ0v) is 32.6. The van der Waals surface area contributed by atoms with Crippen molar-refractivity contribution in [1.82, 2.24) is 0 Å². The maximum Gasteiger partial charge on any atom is 0.335 e. The molecule has 0 bridgehead atoms. The normalized spacial score (nSPS) is 11.0. The van der Waals surface area contributed by atoms with Gasteiger partial charge in [-0.1, -0.05) is 36.4 Å². The molecule has 0 radical (unpaired) electrons. The van der Waals surface area contributed by atoms with E-state index in [1.807, 2.05) is 43.3 Å². The number of hydrogen-bond acceptors (Lipinski definition) is 9. The van der Waals surface area contributed by atoms with E-state index in [9.17, 15) is 59.4 Å². The van der Waals surface area contributed by atoms with Gasteiger partial charge in [-0.15, -0.1) is 0 Å². The van der Waals surface area contributed by atoms with E-state index in [2.05, 4.69) is 0 Å². The van der Waals surface area contributed by atoms with Crippen LogP contribution in [-0.4, -0.2) is 66.5 Å². The number of carbonyl (C=O) groups is 6. The first-order chi connectivity index (χ1) is 29.5. The summed E-state index contributed by atoms with van der Waals surface area (Å²) in [6.07, 6.45) is 0. The summed E-state index contributed by atoms with van der Waals surface area (Å²) in [5, 5.41) is 56.7. The van der Waals surface area contributed by atoms with Gasteiger partial charge in [0.25, 0.3) is 0 Å². The molecule has 15 heteroatoms. The van der Waals surface area contributed by atoms with E-state index in [1.165, 1.54) is 36.4 Å². The number of hydrogen-bond donors (Lipinski definition) is 6. The van der Waals surface area contributed by atoms with E-state index in [-0.39, 0.29) is 53.2 Å². The molecule has 0 spiro atoms. The van der Waals surface area contributed by atoms with E-state index < -0.39 is 41.2 Å². The number of benzene rings is 6. The van der Waals surface area contributed by atoms with Crippen LogP contribution in [0.1, 0.15) is 102 Å². The van der Waals surface area contributed by atoms with Crippen molar-refractivity contribution in [2.45, 2.75) is 32.2 Å². The Bertz CT molecular complexity index is 2310. The van der Waals surface area contributed by atoms with E-state index >= 15 is 0 Å². The summed E-state index contributed by atoms with van der Waals surface area (Å²) in [5.74, 6) is -6.44. The third kappa shape index (κ3) is 10.0. The lowest BCUT2D eigenvalue weighted by Crippen LogP contribution is -2.25. The van der Waals surface area contributed by atoms with Crippen molar-refractivity contribution in [3.63, 3.8) is 0 Å². The Hall–Kier alpha value is -8.46. The molecule has 6 aromatic rings. The van der Waals surface area contributed by atoms with Crippen LogP contribution in [0.2, 0.25) is 0 Å². The first-order valence-corrected chi connectivity index (χ1v) is 18.5. The van der Waals surface area contributed by atoms with Gasteiger partial charge in [-0.25, -0.2) is 28.8 Å². The first kappa shape index (κ1) is 43.1. The van der Waals surface area contributed by atoms with Gasteiger partial charge in [-0.2, -0.15) is 0 Å². The number of carboxylic acid groups (broad SMARTS) is 6. The second kappa shape index (κ2) is 18.2. The first-order valence-electron chi connectivity index (χ1n) is 18.5. The highest BCUT2D eigenvalue weighted by Gasteiger charge is 2.31. The Morgan fingerprint density at radius 2 is 0.548 bits per heavy atom. The largest absolute Gasteiger partial charge is 0.489 e. The van der Waals surface area contributed by atoms with Crippen LogP contribution in [0.25, 0.3) is 0 Å². The number of rotatable bonds is 18. The summed E-state index contributed by atoms with van der Waals surface area (Å²) in [6.45, 7) is 1.64. The fourth-order valence-electron chi connectivity index (χ4n) is 6.72. The van der Waals surface area contributed by atoms with Gasteiger partial charge in [0.2, 0.25) is 0 Å². The quantitative estimate of drug-likeness (QED) is 0.0449. The molecule has 6 aromatic carbocycles. The number of ether oxygens (including phenoxy) is 3. The molecule has 314 valence electrons. The molecule has 0 amide bonds. The lowest BCUT2D eigenvalue weighted by molar-refractivity contribution is 0.0676. The van der Waals surface area contributed by atoms with Crippen LogP contribution < -0.4 is 14.2 Å². The minimum atomic E-state index is -1.28. The van der Waals surface area contributed by atoms with Crippen molar-refractivity contribution in [1.29, 1.82) is 0 Å². The van der Waals surface area contributed by atoms with Gasteiger partial charge in [0.1, 0.15) is 37.1 Å². The Morgan fingerprint density at radius 1 is 0.355 bits per heavy atom. The zero-order valence-electron chi connectivity index (χ0n) is 32.6. The molecule has 62 heavy (non-hydrogen) atoms. The summed E-state index contributed by atoms with van der Waals surface area (Å²) < 4.78 is 17.8. The van der Waals surface area contributed by atoms with Crippen molar-refractivity contribution in [3.05, 3.63) is 194 Å².